The van der Waals surface area contributed by atoms with Crippen LogP contribution in [-0.2, 0) is 0 Å². The first-order chi connectivity index (χ1) is 7.60. The van der Waals surface area contributed by atoms with Crippen molar-refractivity contribution in [1.29, 1.82) is 5.26 Å². The highest BCUT2D eigenvalue weighted by Gasteiger charge is 2.19. The van der Waals surface area contributed by atoms with Crippen molar-refractivity contribution in [3.8, 4) is 11.8 Å². The van der Waals surface area contributed by atoms with Crippen LogP contribution >= 0.6 is 0 Å². The quantitative estimate of drug-likeness (QED) is 0.805. The Labute approximate surface area is 92.5 Å². The fraction of sp³-hybridized carbons (Fsp3) is 0.364. The number of hydrogen-bond acceptors (Lipinski definition) is 4. The van der Waals surface area contributed by atoms with Crippen LogP contribution in [0.5, 0.6) is 5.75 Å². The monoisotopic (exact) mass is 225 g/mol. The molecule has 5 heteroatoms. The number of halogens is 1. The summed E-state index contributed by atoms with van der Waals surface area (Å²) in [6, 6.07) is 5.59. The highest BCUT2D eigenvalue weighted by Crippen LogP contribution is 2.24. The fourth-order valence-corrected chi connectivity index (χ4v) is 1.29. The standard InChI is InChI=1S/C11H12FNO3/c1-16-10-3-2-7(6-8(10)12)11(15)9(14)4-5-13/h2-3,6,9,11,14-15H,4H2,1H3. The van der Waals surface area contributed by atoms with Gasteiger partial charge in [-0.1, -0.05) is 6.07 Å². The Morgan fingerprint density at radius 1 is 1.50 bits per heavy atom. The number of aliphatic hydroxyl groups is 2. The lowest BCUT2D eigenvalue weighted by molar-refractivity contribution is 0.0214. The first-order valence-corrected chi connectivity index (χ1v) is 4.66. The summed E-state index contributed by atoms with van der Waals surface area (Å²) in [6.45, 7) is 0. The molecule has 2 N–H and O–H groups in total. The van der Waals surface area contributed by atoms with Gasteiger partial charge in [0.25, 0.3) is 0 Å². The second kappa shape index (κ2) is 5.45. The highest BCUT2D eigenvalue weighted by molar-refractivity contribution is 5.30. The van der Waals surface area contributed by atoms with Gasteiger partial charge in [0.2, 0.25) is 0 Å². The summed E-state index contributed by atoms with van der Waals surface area (Å²) < 4.78 is 18.0. The zero-order valence-corrected chi connectivity index (χ0v) is 8.72. The molecule has 2 unspecified atom stereocenters. The predicted molar refractivity (Wildman–Crippen MR) is 54.1 cm³/mol. The lowest BCUT2D eigenvalue weighted by Gasteiger charge is -2.16. The maximum Gasteiger partial charge on any atom is 0.165 e. The Morgan fingerprint density at radius 2 is 2.19 bits per heavy atom. The lowest BCUT2D eigenvalue weighted by atomic mass is 10.0. The maximum atomic E-state index is 13.3. The minimum Gasteiger partial charge on any atom is -0.494 e. The van der Waals surface area contributed by atoms with Crippen molar-refractivity contribution in [2.24, 2.45) is 0 Å². The Kier molecular flexibility index (Phi) is 4.23. The van der Waals surface area contributed by atoms with Crippen LogP contribution in [0.4, 0.5) is 4.39 Å². The summed E-state index contributed by atoms with van der Waals surface area (Å²) in [5.41, 5.74) is 0.209. The van der Waals surface area contributed by atoms with Gasteiger partial charge in [0.1, 0.15) is 6.10 Å². The van der Waals surface area contributed by atoms with E-state index in [9.17, 15) is 14.6 Å². The molecule has 0 spiro atoms. The minimum atomic E-state index is -1.28. The van der Waals surface area contributed by atoms with Crippen molar-refractivity contribution >= 4 is 0 Å². The van der Waals surface area contributed by atoms with E-state index in [1.807, 2.05) is 0 Å². The number of ether oxygens (including phenoxy) is 1. The summed E-state index contributed by atoms with van der Waals surface area (Å²) in [6.07, 6.45) is -2.72. The summed E-state index contributed by atoms with van der Waals surface area (Å²) in [4.78, 5) is 0. The first-order valence-electron chi connectivity index (χ1n) is 4.66. The molecular weight excluding hydrogens is 213 g/mol. The van der Waals surface area contributed by atoms with Gasteiger partial charge in [-0.15, -0.1) is 0 Å². The van der Waals surface area contributed by atoms with Gasteiger partial charge in [-0.25, -0.2) is 4.39 Å². The normalized spacial score (nSPS) is 13.9. The summed E-state index contributed by atoms with van der Waals surface area (Å²) >= 11 is 0. The molecule has 1 aromatic rings. The number of hydrogen-bond donors (Lipinski definition) is 2. The van der Waals surface area contributed by atoms with Crippen molar-refractivity contribution in [3.05, 3.63) is 29.6 Å². The average Bonchev–Trinajstić information content (AvgIpc) is 2.28. The Bertz CT molecular complexity index is 403. The van der Waals surface area contributed by atoms with Crippen LogP contribution in [0.1, 0.15) is 18.1 Å². The number of nitrogens with zero attached hydrogens (tertiary/aromatic N) is 1. The molecule has 0 saturated heterocycles. The molecule has 0 fully saturated rings. The molecule has 4 nitrogen and oxygen atoms in total. The van der Waals surface area contributed by atoms with Gasteiger partial charge >= 0.3 is 0 Å². The largest absolute Gasteiger partial charge is 0.494 e. The van der Waals surface area contributed by atoms with Crippen molar-refractivity contribution in [2.75, 3.05) is 7.11 Å². The van der Waals surface area contributed by atoms with E-state index in [-0.39, 0.29) is 17.7 Å². The second-order valence-electron chi connectivity index (χ2n) is 3.27. The molecule has 0 heterocycles. The van der Waals surface area contributed by atoms with Crippen LogP contribution in [-0.4, -0.2) is 23.4 Å². The van der Waals surface area contributed by atoms with Crippen molar-refractivity contribution in [1.82, 2.24) is 0 Å². The number of nitriles is 1. The van der Waals surface area contributed by atoms with E-state index in [2.05, 4.69) is 0 Å². The topological polar surface area (TPSA) is 73.5 Å². The SMILES string of the molecule is COc1ccc(C(O)C(O)CC#N)cc1F. The van der Waals surface area contributed by atoms with Gasteiger partial charge < -0.3 is 14.9 Å². The molecule has 0 aliphatic heterocycles. The number of benzene rings is 1. The van der Waals surface area contributed by atoms with E-state index in [0.717, 1.165) is 6.07 Å². The molecular formula is C11H12FNO3. The third kappa shape index (κ3) is 2.69. The number of aliphatic hydroxyl groups excluding tert-OH is 2. The molecule has 0 amide bonds. The van der Waals surface area contributed by atoms with E-state index in [0.29, 0.717) is 0 Å². The van der Waals surface area contributed by atoms with Crippen molar-refractivity contribution < 1.29 is 19.3 Å². The molecule has 0 aromatic heterocycles. The van der Waals surface area contributed by atoms with Gasteiger partial charge in [-0.05, 0) is 17.7 Å². The van der Waals surface area contributed by atoms with Crippen LogP contribution in [0.15, 0.2) is 18.2 Å². The van der Waals surface area contributed by atoms with E-state index in [4.69, 9.17) is 10.00 Å². The van der Waals surface area contributed by atoms with Gasteiger partial charge in [-0.3, -0.25) is 0 Å². The summed E-state index contributed by atoms with van der Waals surface area (Å²) in [5.74, 6) is -0.561. The molecule has 0 aliphatic carbocycles. The molecule has 1 rings (SSSR count). The van der Waals surface area contributed by atoms with Crippen LogP contribution in [0.2, 0.25) is 0 Å². The molecule has 0 aliphatic rings. The molecule has 1 aromatic carbocycles. The second-order valence-corrected chi connectivity index (χ2v) is 3.27. The van der Waals surface area contributed by atoms with Crippen molar-refractivity contribution in [2.45, 2.75) is 18.6 Å². The fourth-order valence-electron chi connectivity index (χ4n) is 1.29. The van der Waals surface area contributed by atoms with Crippen LogP contribution in [0, 0.1) is 17.1 Å². The Morgan fingerprint density at radius 3 is 2.69 bits per heavy atom. The predicted octanol–water partition coefficient (Wildman–Crippen LogP) is 1.14. The molecule has 0 saturated carbocycles. The Balaban J connectivity index is 2.89. The summed E-state index contributed by atoms with van der Waals surface area (Å²) in [5, 5.41) is 27.3. The highest BCUT2D eigenvalue weighted by atomic mass is 19.1. The van der Waals surface area contributed by atoms with Gasteiger partial charge in [-0.2, -0.15) is 5.26 Å². The Hall–Kier alpha value is -1.64. The van der Waals surface area contributed by atoms with E-state index < -0.39 is 18.0 Å². The van der Waals surface area contributed by atoms with Crippen LogP contribution in [0.3, 0.4) is 0 Å². The minimum absolute atomic E-state index is 0.0609. The zero-order valence-electron chi connectivity index (χ0n) is 8.72. The van der Waals surface area contributed by atoms with Crippen LogP contribution < -0.4 is 4.74 Å². The molecule has 16 heavy (non-hydrogen) atoms. The van der Waals surface area contributed by atoms with E-state index >= 15 is 0 Å². The molecule has 86 valence electrons. The van der Waals surface area contributed by atoms with Gasteiger partial charge in [0.05, 0.1) is 25.7 Å². The molecule has 0 radical (unpaired) electrons. The smallest absolute Gasteiger partial charge is 0.165 e. The van der Waals surface area contributed by atoms with Gasteiger partial charge in [0, 0.05) is 0 Å². The van der Waals surface area contributed by atoms with Crippen LogP contribution in [0.25, 0.3) is 0 Å². The summed E-state index contributed by atoms with van der Waals surface area (Å²) in [7, 11) is 1.33. The van der Waals surface area contributed by atoms with E-state index in [1.165, 1.54) is 19.2 Å². The maximum absolute atomic E-state index is 13.3. The van der Waals surface area contributed by atoms with E-state index in [1.54, 1.807) is 6.07 Å². The van der Waals surface area contributed by atoms with Gasteiger partial charge in [0.15, 0.2) is 11.6 Å². The molecule has 0 bridgehead atoms. The third-order valence-electron chi connectivity index (χ3n) is 2.18. The number of rotatable bonds is 4. The van der Waals surface area contributed by atoms with Crippen molar-refractivity contribution in [3.63, 3.8) is 0 Å². The molecule has 2 atom stereocenters. The lowest BCUT2D eigenvalue weighted by Crippen LogP contribution is -2.17. The number of methoxy groups -OCH3 is 1. The third-order valence-corrected chi connectivity index (χ3v) is 2.18. The zero-order chi connectivity index (χ0) is 12.1. The average molecular weight is 225 g/mol. The first kappa shape index (κ1) is 12.4.